The molecule has 3 aromatic rings. The molecule has 24 heavy (non-hydrogen) atoms. The number of benzene rings is 1. The summed E-state index contributed by atoms with van der Waals surface area (Å²) in [6.45, 7) is 1.18. The van der Waals surface area contributed by atoms with Gasteiger partial charge in [0.2, 0.25) is 5.91 Å². The van der Waals surface area contributed by atoms with Crippen molar-refractivity contribution in [2.24, 2.45) is 0 Å². The molecular weight excluding hydrogens is 329 g/mol. The maximum Gasteiger partial charge on any atom is 0.258 e. The minimum atomic E-state index is -0.356. The number of likely N-dealkylation sites (tertiary alicyclic amines) is 1. The number of carbonyl (C=O) groups excluding carboxylic acids is 1. The van der Waals surface area contributed by atoms with Crippen LogP contribution >= 0.6 is 11.3 Å². The van der Waals surface area contributed by atoms with E-state index in [0.29, 0.717) is 30.9 Å². The van der Waals surface area contributed by atoms with Gasteiger partial charge in [-0.25, -0.2) is 4.39 Å². The lowest BCUT2D eigenvalue weighted by Gasteiger charge is -2.14. The second-order valence-electron chi connectivity index (χ2n) is 5.72. The first kappa shape index (κ1) is 15.0. The van der Waals surface area contributed by atoms with Crippen molar-refractivity contribution >= 4 is 17.2 Å². The number of rotatable bonds is 4. The fraction of sp³-hybridized carbons (Fsp3) is 0.235. The standard InChI is InChI=1S/C17H14FN3O2S/c18-13-4-1-3-11(7-13)17-19-16(20-23-17)12-8-15(22)21(9-12)10-14-5-2-6-24-14/h1-7,12H,8-10H2/t12-/m0/s1. The molecule has 1 saturated heterocycles. The number of hydrogen-bond acceptors (Lipinski definition) is 5. The summed E-state index contributed by atoms with van der Waals surface area (Å²) < 4.78 is 18.5. The van der Waals surface area contributed by atoms with Crippen molar-refractivity contribution in [2.45, 2.75) is 18.9 Å². The molecule has 0 N–H and O–H groups in total. The van der Waals surface area contributed by atoms with Crippen molar-refractivity contribution in [3.8, 4) is 11.5 Å². The van der Waals surface area contributed by atoms with Crippen LogP contribution in [0, 0.1) is 5.82 Å². The van der Waals surface area contributed by atoms with Gasteiger partial charge in [-0.05, 0) is 29.6 Å². The van der Waals surface area contributed by atoms with Crippen LogP contribution in [-0.2, 0) is 11.3 Å². The quantitative estimate of drug-likeness (QED) is 0.728. The van der Waals surface area contributed by atoms with Crippen molar-refractivity contribution in [3.63, 3.8) is 0 Å². The normalized spacial score (nSPS) is 17.6. The van der Waals surface area contributed by atoms with Crippen LogP contribution in [0.5, 0.6) is 0 Å². The Kier molecular flexibility index (Phi) is 3.86. The Morgan fingerprint density at radius 1 is 1.33 bits per heavy atom. The van der Waals surface area contributed by atoms with Crippen molar-refractivity contribution < 1.29 is 13.7 Å². The van der Waals surface area contributed by atoms with Crippen molar-refractivity contribution in [2.75, 3.05) is 6.54 Å². The smallest absolute Gasteiger partial charge is 0.258 e. The summed E-state index contributed by atoms with van der Waals surface area (Å²) >= 11 is 1.63. The Labute approximate surface area is 141 Å². The molecule has 0 unspecified atom stereocenters. The number of thiophene rings is 1. The van der Waals surface area contributed by atoms with E-state index >= 15 is 0 Å². The van der Waals surface area contributed by atoms with Crippen LogP contribution in [0.25, 0.3) is 11.5 Å². The minimum absolute atomic E-state index is 0.0884. The van der Waals surface area contributed by atoms with Gasteiger partial charge in [0.05, 0.1) is 6.54 Å². The Morgan fingerprint density at radius 3 is 3.04 bits per heavy atom. The van der Waals surface area contributed by atoms with E-state index < -0.39 is 0 Å². The molecule has 5 nitrogen and oxygen atoms in total. The molecule has 1 aromatic carbocycles. The minimum Gasteiger partial charge on any atom is -0.337 e. The van der Waals surface area contributed by atoms with Gasteiger partial charge in [-0.2, -0.15) is 4.98 Å². The van der Waals surface area contributed by atoms with Gasteiger partial charge in [0.25, 0.3) is 5.89 Å². The first-order valence-electron chi connectivity index (χ1n) is 7.59. The van der Waals surface area contributed by atoms with E-state index in [1.165, 1.54) is 12.1 Å². The molecule has 122 valence electrons. The number of hydrogen-bond donors (Lipinski definition) is 0. The Balaban J connectivity index is 1.50. The third-order valence-electron chi connectivity index (χ3n) is 4.02. The Hall–Kier alpha value is -2.54. The van der Waals surface area contributed by atoms with Crippen molar-refractivity contribution in [3.05, 3.63) is 58.3 Å². The second-order valence-corrected chi connectivity index (χ2v) is 6.75. The van der Waals surface area contributed by atoms with Crippen LogP contribution < -0.4 is 0 Å². The van der Waals surface area contributed by atoms with E-state index in [-0.39, 0.29) is 23.5 Å². The largest absolute Gasteiger partial charge is 0.337 e. The second kappa shape index (κ2) is 6.16. The topological polar surface area (TPSA) is 59.2 Å². The third kappa shape index (κ3) is 2.94. The fourth-order valence-corrected chi connectivity index (χ4v) is 3.55. The molecule has 0 aliphatic carbocycles. The van der Waals surface area contributed by atoms with Crippen LogP contribution in [-0.4, -0.2) is 27.5 Å². The highest BCUT2D eigenvalue weighted by molar-refractivity contribution is 7.09. The fourth-order valence-electron chi connectivity index (χ4n) is 2.83. The van der Waals surface area contributed by atoms with Crippen LogP contribution in [0.2, 0.25) is 0 Å². The van der Waals surface area contributed by atoms with E-state index in [2.05, 4.69) is 10.1 Å². The van der Waals surface area contributed by atoms with Crippen LogP contribution in [0.4, 0.5) is 4.39 Å². The number of nitrogens with zero attached hydrogens (tertiary/aromatic N) is 3. The summed E-state index contributed by atoms with van der Waals surface area (Å²) in [5.74, 6) is 0.407. The van der Waals surface area contributed by atoms with Gasteiger partial charge in [0.1, 0.15) is 5.82 Å². The summed E-state index contributed by atoms with van der Waals surface area (Å²) in [5.41, 5.74) is 0.536. The van der Waals surface area contributed by atoms with Crippen LogP contribution in [0.15, 0.2) is 46.3 Å². The highest BCUT2D eigenvalue weighted by atomic mass is 32.1. The summed E-state index contributed by atoms with van der Waals surface area (Å²) in [5, 5.41) is 5.98. The SMILES string of the molecule is O=C1C[C@H](c2noc(-c3cccc(F)c3)n2)CN1Cc1cccs1. The van der Waals surface area contributed by atoms with E-state index in [0.717, 1.165) is 4.88 Å². The molecule has 7 heteroatoms. The van der Waals surface area contributed by atoms with Gasteiger partial charge < -0.3 is 9.42 Å². The molecule has 1 atom stereocenters. The predicted molar refractivity (Wildman–Crippen MR) is 86.8 cm³/mol. The number of amides is 1. The molecular formula is C17H14FN3O2S. The zero-order valence-corrected chi connectivity index (χ0v) is 13.5. The van der Waals surface area contributed by atoms with E-state index in [1.54, 1.807) is 23.5 Å². The zero-order chi connectivity index (χ0) is 16.5. The molecule has 4 rings (SSSR count). The van der Waals surface area contributed by atoms with Crippen molar-refractivity contribution in [1.82, 2.24) is 15.0 Å². The first-order valence-corrected chi connectivity index (χ1v) is 8.47. The van der Waals surface area contributed by atoms with Gasteiger partial charge in [0, 0.05) is 29.3 Å². The molecule has 0 bridgehead atoms. The molecule has 1 aliphatic rings. The van der Waals surface area contributed by atoms with Gasteiger partial charge in [0.15, 0.2) is 5.82 Å². The predicted octanol–water partition coefficient (Wildman–Crippen LogP) is 3.45. The third-order valence-corrected chi connectivity index (χ3v) is 4.88. The molecule has 0 saturated carbocycles. The molecule has 1 fully saturated rings. The van der Waals surface area contributed by atoms with Gasteiger partial charge in [-0.1, -0.05) is 17.3 Å². The number of carbonyl (C=O) groups is 1. The average Bonchev–Trinajstić information content (AvgIpc) is 3.30. The van der Waals surface area contributed by atoms with E-state index in [4.69, 9.17) is 4.52 Å². The Morgan fingerprint density at radius 2 is 2.25 bits per heavy atom. The number of aromatic nitrogens is 2. The van der Waals surface area contributed by atoms with Crippen molar-refractivity contribution in [1.29, 1.82) is 0 Å². The van der Waals surface area contributed by atoms with Gasteiger partial charge in [-0.3, -0.25) is 4.79 Å². The average molecular weight is 343 g/mol. The lowest BCUT2D eigenvalue weighted by Crippen LogP contribution is -2.23. The first-order chi connectivity index (χ1) is 11.7. The Bertz CT molecular complexity index is 862. The van der Waals surface area contributed by atoms with Gasteiger partial charge >= 0.3 is 0 Å². The molecule has 0 spiro atoms. The molecule has 3 heterocycles. The lowest BCUT2D eigenvalue weighted by molar-refractivity contribution is -0.128. The maximum atomic E-state index is 13.3. The molecule has 1 amide bonds. The molecule has 2 aromatic heterocycles. The number of halogens is 1. The van der Waals surface area contributed by atoms with Crippen LogP contribution in [0.3, 0.4) is 0 Å². The molecule has 1 aliphatic heterocycles. The van der Waals surface area contributed by atoms with Gasteiger partial charge in [-0.15, -0.1) is 11.3 Å². The summed E-state index contributed by atoms with van der Waals surface area (Å²) in [6.07, 6.45) is 0.369. The lowest BCUT2D eigenvalue weighted by atomic mass is 10.1. The zero-order valence-electron chi connectivity index (χ0n) is 12.7. The monoisotopic (exact) mass is 343 g/mol. The maximum absolute atomic E-state index is 13.3. The summed E-state index contributed by atoms with van der Waals surface area (Å²) in [4.78, 5) is 19.5. The highest BCUT2D eigenvalue weighted by Crippen LogP contribution is 2.29. The van der Waals surface area contributed by atoms with E-state index in [1.807, 2.05) is 22.4 Å². The van der Waals surface area contributed by atoms with E-state index in [9.17, 15) is 9.18 Å². The summed E-state index contributed by atoms with van der Waals surface area (Å²) in [6, 6.07) is 10.0. The van der Waals surface area contributed by atoms with Crippen LogP contribution in [0.1, 0.15) is 23.0 Å². The molecule has 0 radical (unpaired) electrons. The highest BCUT2D eigenvalue weighted by Gasteiger charge is 2.33. The summed E-state index contributed by atoms with van der Waals surface area (Å²) in [7, 11) is 0.